The van der Waals surface area contributed by atoms with E-state index in [0.29, 0.717) is 28.5 Å². The predicted octanol–water partition coefficient (Wildman–Crippen LogP) is 2.46. The zero-order chi connectivity index (χ0) is 23.9. The van der Waals surface area contributed by atoms with E-state index in [0.717, 1.165) is 4.90 Å². The normalized spacial score (nSPS) is 15.0. The molecule has 0 radical (unpaired) electrons. The number of imidazole rings is 1. The number of nitro groups is 1. The van der Waals surface area contributed by atoms with Crippen LogP contribution >= 0.6 is 11.8 Å². The number of carbonyl (C=O) groups excluding carboxylic acids is 3. The van der Waals surface area contributed by atoms with Gasteiger partial charge in [-0.1, -0.05) is 18.2 Å². The lowest BCUT2D eigenvalue weighted by Crippen LogP contribution is -2.36. The maximum absolute atomic E-state index is 12.8. The van der Waals surface area contributed by atoms with Crippen molar-refractivity contribution in [2.45, 2.75) is 0 Å². The molecule has 1 aliphatic rings. The van der Waals surface area contributed by atoms with E-state index in [1.807, 2.05) is 0 Å². The van der Waals surface area contributed by atoms with Gasteiger partial charge in [-0.2, -0.15) is 0 Å². The minimum Gasteiger partial charge on any atom is -0.325 e. The van der Waals surface area contributed by atoms with E-state index in [1.165, 1.54) is 41.4 Å². The summed E-state index contributed by atoms with van der Waals surface area (Å²) in [5.74, 6) is -1.29. The molecular weight excluding hydrogens is 450 g/mol. The van der Waals surface area contributed by atoms with E-state index < -0.39 is 28.5 Å². The lowest BCUT2D eigenvalue weighted by molar-refractivity contribution is -0.385. The third kappa shape index (κ3) is 4.03. The van der Waals surface area contributed by atoms with E-state index in [4.69, 9.17) is 0 Å². The number of carbonyl (C=O) groups is 3. The molecule has 0 saturated carbocycles. The number of thioether (sulfide) groups is 1. The highest BCUT2D eigenvalue weighted by molar-refractivity contribution is 8.18. The van der Waals surface area contributed by atoms with Crippen molar-refractivity contribution in [1.29, 1.82) is 0 Å². The van der Waals surface area contributed by atoms with Crippen molar-refractivity contribution in [1.82, 2.24) is 14.0 Å². The number of nitrogens with zero attached hydrogens (tertiary/aromatic N) is 4. The van der Waals surface area contributed by atoms with Gasteiger partial charge in [0.15, 0.2) is 0 Å². The number of imide groups is 1. The zero-order valence-electron chi connectivity index (χ0n) is 17.5. The molecule has 3 amide bonds. The summed E-state index contributed by atoms with van der Waals surface area (Å²) in [6.07, 6.45) is 1.23. The van der Waals surface area contributed by atoms with Gasteiger partial charge < -0.3 is 5.32 Å². The number of anilines is 1. The van der Waals surface area contributed by atoms with E-state index in [9.17, 15) is 29.3 Å². The molecule has 4 rings (SSSR count). The maximum Gasteiger partial charge on any atom is 0.328 e. The van der Waals surface area contributed by atoms with Gasteiger partial charge in [-0.25, -0.2) is 4.79 Å². The molecule has 1 aromatic heterocycles. The van der Waals surface area contributed by atoms with Gasteiger partial charge in [-0.15, -0.1) is 0 Å². The Kier molecular flexibility index (Phi) is 5.60. The monoisotopic (exact) mass is 467 g/mol. The van der Waals surface area contributed by atoms with Crippen molar-refractivity contribution in [3.05, 3.63) is 73.5 Å². The second kappa shape index (κ2) is 8.39. The van der Waals surface area contributed by atoms with Gasteiger partial charge in [0.1, 0.15) is 6.54 Å². The van der Waals surface area contributed by atoms with Crippen LogP contribution in [-0.2, 0) is 23.7 Å². The van der Waals surface area contributed by atoms with Crippen LogP contribution in [0, 0.1) is 10.1 Å². The third-order valence-electron chi connectivity index (χ3n) is 5.14. The van der Waals surface area contributed by atoms with Crippen molar-refractivity contribution in [2.75, 3.05) is 11.9 Å². The summed E-state index contributed by atoms with van der Waals surface area (Å²) >= 11 is 0.585. The number of fused-ring (bicyclic) bond motifs is 1. The van der Waals surface area contributed by atoms with Crippen molar-refractivity contribution in [2.24, 2.45) is 14.1 Å². The fourth-order valence-corrected chi connectivity index (χ4v) is 4.30. The number of benzene rings is 2. The highest BCUT2D eigenvalue weighted by atomic mass is 32.2. The average Bonchev–Trinajstić information content (AvgIpc) is 3.16. The molecule has 0 bridgehead atoms. The first-order chi connectivity index (χ1) is 15.7. The SMILES string of the molecule is Cn1c(=O)n(C)c2cc([N+](=O)[O-])c(/C=C3\SC(=O)N(CC(=O)Nc4ccccc4)C3=O)cc21. The number of nitro benzene ring substituents is 1. The molecule has 0 unspecified atom stereocenters. The highest BCUT2D eigenvalue weighted by Gasteiger charge is 2.37. The second-order valence-corrected chi connectivity index (χ2v) is 8.23. The van der Waals surface area contributed by atoms with Crippen LogP contribution in [-0.4, -0.2) is 42.6 Å². The first-order valence-corrected chi connectivity index (χ1v) is 10.4. The van der Waals surface area contributed by atoms with E-state index >= 15 is 0 Å². The molecular formula is C21H17N5O6S. The minimum absolute atomic E-state index is 0.0594. The molecule has 1 aliphatic heterocycles. The predicted molar refractivity (Wildman–Crippen MR) is 123 cm³/mol. The molecule has 1 saturated heterocycles. The summed E-state index contributed by atoms with van der Waals surface area (Å²) < 4.78 is 2.61. The van der Waals surface area contributed by atoms with Crippen LogP contribution < -0.4 is 11.0 Å². The Morgan fingerprint density at radius 2 is 1.73 bits per heavy atom. The van der Waals surface area contributed by atoms with Crippen LogP contribution in [0.15, 0.2) is 52.2 Å². The number of hydrogen-bond donors (Lipinski definition) is 1. The van der Waals surface area contributed by atoms with E-state index in [1.54, 1.807) is 30.3 Å². The number of para-hydroxylation sites is 1. The number of nitrogens with one attached hydrogen (secondary N) is 1. The fourth-order valence-electron chi connectivity index (χ4n) is 3.47. The van der Waals surface area contributed by atoms with Gasteiger partial charge in [0.05, 0.1) is 26.4 Å². The molecule has 1 fully saturated rings. The van der Waals surface area contributed by atoms with Crippen LogP contribution in [0.4, 0.5) is 16.2 Å². The Bertz CT molecular complexity index is 1420. The standard InChI is InChI=1S/C21H17N5O6S/c1-23-15-8-12(14(26(31)32)10-16(15)24(2)20(23)29)9-17-19(28)25(21(30)33-17)11-18(27)22-13-6-4-3-5-7-13/h3-10H,11H2,1-2H3,(H,22,27)/b17-9-. The number of aryl methyl sites for hydroxylation is 2. The first-order valence-electron chi connectivity index (χ1n) is 9.61. The Balaban J connectivity index is 1.65. The molecule has 0 atom stereocenters. The smallest absolute Gasteiger partial charge is 0.325 e. The summed E-state index contributed by atoms with van der Waals surface area (Å²) in [4.78, 5) is 61.3. The van der Waals surface area contributed by atoms with Crippen LogP contribution in [0.1, 0.15) is 5.56 Å². The molecule has 33 heavy (non-hydrogen) atoms. The van der Waals surface area contributed by atoms with Gasteiger partial charge in [-0.3, -0.25) is 38.5 Å². The van der Waals surface area contributed by atoms with Crippen molar-refractivity contribution >= 4 is 57.3 Å². The highest BCUT2D eigenvalue weighted by Crippen LogP contribution is 2.35. The Hall–Kier alpha value is -4.19. The lowest BCUT2D eigenvalue weighted by Gasteiger charge is -2.12. The average molecular weight is 467 g/mol. The van der Waals surface area contributed by atoms with Gasteiger partial charge in [0, 0.05) is 25.8 Å². The van der Waals surface area contributed by atoms with Crippen molar-refractivity contribution in [3.8, 4) is 0 Å². The van der Waals surface area contributed by atoms with Gasteiger partial charge in [0.2, 0.25) is 5.91 Å². The summed E-state index contributed by atoms with van der Waals surface area (Å²) in [5, 5.41) is 13.6. The summed E-state index contributed by atoms with van der Waals surface area (Å²) in [5.41, 5.74) is 0.687. The Morgan fingerprint density at radius 3 is 2.36 bits per heavy atom. The first kappa shape index (κ1) is 22.0. The minimum atomic E-state index is -0.732. The van der Waals surface area contributed by atoms with Gasteiger partial charge in [-0.05, 0) is 36.0 Å². The summed E-state index contributed by atoms with van der Waals surface area (Å²) in [6.45, 7) is -0.495. The van der Waals surface area contributed by atoms with Crippen LogP contribution in [0.3, 0.4) is 0 Å². The molecule has 11 nitrogen and oxygen atoms in total. The molecule has 2 heterocycles. The molecule has 0 spiro atoms. The maximum atomic E-state index is 12.8. The second-order valence-electron chi connectivity index (χ2n) is 7.24. The number of aromatic nitrogens is 2. The topological polar surface area (TPSA) is 137 Å². The van der Waals surface area contributed by atoms with Gasteiger partial charge >= 0.3 is 5.69 Å². The molecule has 168 valence electrons. The number of rotatable bonds is 5. The fraction of sp³-hybridized carbons (Fsp3) is 0.143. The van der Waals surface area contributed by atoms with Crippen LogP contribution in [0.5, 0.6) is 0 Å². The Labute approximate surface area is 190 Å². The lowest BCUT2D eigenvalue weighted by atomic mass is 10.1. The molecule has 2 aromatic carbocycles. The summed E-state index contributed by atoms with van der Waals surface area (Å²) in [7, 11) is 3.03. The van der Waals surface area contributed by atoms with E-state index in [2.05, 4.69) is 5.32 Å². The third-order valence-corrected chi connectivity index (χ3v) is 6.04. The molecule has 3 aromatic rings. The van der Waals surface area contributed by atoms with Crippen molar-refractivity contribution in [3.63, 3.8) is 0 Å². The van der Waals surface area contributed by atoms with E-state index in [-0.39, 0.29) is 21.8 Å². The largest absolute Gasteiger partial charge is 0.328 e. The van der Waals surface area contributed by atoms with Crippen LogP contribution in [0.25, 0.3) is 17.1 Å². The molecule has 1 N–H and O–H groups in total. The number of hydrogen-bond acceptors (Lipinski definition) is 7. The van der Waals surface area contributed by atoms with Crippen LogP contribution in [0.2, 0.25) is 0 Å². The molecule has 0 aliphatic carbocycles. The zero-order valence-corrected chi connectivity index (χ0v) is 18.3. The van der Waals surface area contributed by atoms with Crippen molar-refractivity contribution < 1.29 is 19.3 Å². The molecule has 12 heteroatoms. The quantitative estimate of drug-likeness (QED) is 0.346. The Morgan fingerprint density at radius 1 is 1.09 bits per heavy atom. The summed E-state index contributed by atoms with van der Waals surface area (Å²) in [6, 6.07) is 11.2. The van der Waals surface area contributed by atoms with Gasteiger partial charge in [0.25, 0.3) is 16.8 Å². The number of amides is 3.